The topological polar surface area (TPSA) is 36.4 Å². The Morgan fingerprint density at radius 1 is 1.04 bits per heavy atom. The van der Waals surface area contributed by atoms with E-state index in [9.17, 15) is 22.4 Å². The minimum atomic E-state index is -4.40. The van der Waals surface area contributed by atoms with Crippen molar-refractivity contribution in [1.82, 2.24) is 9.88 Å². The summed E-state index contributed by atoms with van der Waals surface area (Å²) in [5, 5.41) is 0. The minimum absolute atomic E-state index is 0.0367. The van der Waals surface area contributed by atoms with Crippen molar-refractivity contribution in [1.29, 1.82) is 0 Å². The van der Waals surface area contributed by atoms with E-state index in [1.165, 1.54) is 30.0 Å². The monoisotopic (exact) mass is 413 g/mol. The van der Waals surface area contributed by atoms with Crippen LogP contribution in [0.3, 0.4) is 0 Å². The van der Waals surface area contributed by atoms with Gasteiger partial charge in [-0.15, -0.1) is 11.8 Å². The molecular weight excluding hydrogens is 394 g/mol. The minimum Gasteiger partial charge on any atom is -0.353 e. The molecule has 9 heteroatoms. The lowest BCUT2D eigenvalue weighted by Crippen LogP contribution is -2.49. The second-order valence-corrected chi connectivity index (χ2v) is 7.49. The van der Waals surface area contributed by atoms with Gasteiger partial charge in [-0.1, -0.05) is 0 Å². The van der Waals surface area contributed by atoms with E-state index in [0.29, 0.717) is 44.2 Å². The average molecular weight is 413 g/mol. The number of benzene rings is 1. The Hall–Kier alpha value is -2.29. The molecule has 1 amide bonds. The number of alkyl halides is 3. The number of amides is 1. The summed E-state index contributed by atoms with van der Waals surface area (Å²) in [7, 11) is 0. The Balaban J connectivity index is 1.44. The highest BCUT2D eigenvalue weighted by atomic mass is 32.2. The molecule has 0 aliphatic carbocycles. The lowest BCUT2D eigenvalue weighted by atomic mass is 10.2. The highest BCUT2D eigenvalue weighted by Crippen LogP contribution is 2.29. The van der Waals surface area contributed by atoms with Crippen LogP contribution in [0.4, 0.5) is 23.4 Å². The number of halogens is 4. The van der Waals surface area contributed by atoms with Crippen molar-refractivity contribution >= 4 is 23.5 Å². The third-order valence-electron chi connectivity index (χ3n) is 4.43. The van der Waals surface area contributed by atoms with Crippen LogP contribution < -0.4 is 4.90 Å². The summed E-state index contributed by atoms with van der Waals surface area (Å²) < 4.78 is 50.7. The molecule has 1 aromatic carbocycles. The largest absolute Gasteiger partial charge is 0.417 e. The third kappa shape index (κ3) is 5.37. The van der Waals surface area contributed by atoms with Crippen molar-refractivity contribution in [2.75, 3.05) is 36.8 Å². The lowest BCUT2D eigenvalue weighted by Gasteiger charge is -2.35. The van der Waals surface area contributed by atoms with Gasteiger partial charge in [-0.3, -0.25) is 4.79 Å². The number of aromatic nitrogens is 1. The normalized spacial score (nSPS) is 15.0. The second kappa shape index (κ2) is 8.81. The molecule has 1 fully saturated rings. The van der Waals surface area contributed by atoms with Crippen LogP contribution >= 0.6 is 11.8 Å². The molecule has 0 saturated carbocycles. The molecule has 0 bridgehead atoms. The summed E-state index contributed by atoms with van der Waals surface area (Å²) in [6.07, 6.45) is -3.19. The van der Waals surface area contributed by atoms with E-state index < -0.39 is 11.7 Å². The maximum absolute atomic E-state index is 12.9. The first-order valence-corrected chi connectivity index (χ1v) is 9.76. The van der Waals surface area contributed by atoms with Gasteiger partial charge in [0.1, 0.15) is 11.6 Å². The molecule has 0 radical (unpaired) electrons. The summed E-state index contributed by atoms with van der Waals surface area (Å²) in [5.41, 5.74) is -0.774. The molecule has 3 rings (SSSR count). The molecule has 0 N–H and O–H groups in total. The highest BCUT2D eigenvalue weighted by molar-refractivity contribution is 7.99. The predicted octanol–water partition coefficient (Wildman–Crippen LogP) is 4.07. The van der Waals surface area contributed by atoms with Crippen molar-refractivity contribution < 1.29 is 22.4 Å². The first kappa shape index (κ1) is 20.4. The fourth-order valence-electron chi connectivity index (χ4n) is 2.87. The third-order valence-corrected chi connectivity index (χ3v) is 5.44. The van der Waals surface area contributed by atoms with Crippen molar-refractivity contribution in [2.45, 2.75) is 17.5 Å². The molecule has 0 atom stereocenters. The van der Waals surface area contributed by atoms with Crippen LogP contribution in [0.2, 0.25) is 0 Å². The molecule has 150 valence electrons. The van der Waals surface area contributed by atoms with E-state index in [-0.39, 0.29) is 11.7 Å². The standard InChI is InChI=1S/C19H19F4N3OS/c20-15-2-4-16(5-3-15)28-12-7-18(27)26-10-8-25(9-11-26)17-6-1-14(13-24-17)19(21,22)23/h1-6,13H,7-12H2. The van der Waals surface area contributed by atoms with Crippen LogP contribution in [0, 0.1) is 5.82 Å². The molecule has 1 aliphatic rings. The van der Waals surface area contributed by atoms with E-state index in [2.05, 4.69) is 4.98 Å². The number of thioether (sulfide) groups is 1. The van der Waals surface area contributed by atoms with Crippen LogP contribution in [-0.4, -0.2) is 47.7 Å². The Morgan fingerprint density at radius 3 is 2.29 bits per heavy atom. The van der Waals surface area contributed by atoms with Crippen LogP contribution in [-0.2, 0) is 11.0 Å². The number of anilines is 1. The summed E-state index contributed by atoms with van der Waals surface area (Å²) in [4.78, 5) is 20.8. The van der Waals surface area contributed by atoms with Crippen molar-refractivity contribution in [2.24, 2.45) is 0 Å². The molecule has 1 aliphatic heterocycles. The smallest absolute Gasteiger partial charge is 0.353 e. The first-order chi connectivity index (χ1) is 13.3. The van der Waals surface area contributed by atoms with E-state index in [0.717, 1.165) is 17.2 Å². The number of nitrogens with zero attached hydrogens (tertiary/aromatic N) is 3. The number of carbonyl (C=O) groups is 1. The van der Waals surface area contributed by atoms with E-state index in [1.54, 1.807) is 17.0 Å². The fourth-order valence-corrected chi connectivity index (χ4v) is 3.71. The Bertz CT molecular complexity index is 788. The Labute approximate surface area is 164 Å². The number of hydrogen-bond acceptors (Lipinski definition) is 4. The SMILES string of the molecule is O=C(CCSc1ccc(F)cc1)N1CCN(c2ccc(C(F)(F)F)cn2)CC1. The van der Waals surface area contributed by atoms with Gasteiger partial charge in [0.2, 0.25) is 5.91 Å². The Morgan fingerprint density at radius 2 is 1.71 bits per heavy atom. The fraction of sp³-hybridized carbons (Fsp3) is 0.368. The van der Waals surface area contributed by atoms with Crippen LogP contribution in [0.25, 0.3) is 0 Å². The van der Waals surface area contributed by atoms with Crippen LogP contribution in [0.1, 0.15) is 12.0 Å². The van der Waals surface area contributed by atoms with Crippen molar-refractivity contribution in [3.63, 3.8) is 0 Å². The van der Waals surface area contributed by atoms with Gasteiger partial charge in [-0.2, -0.15) is 13.2 Å². The van der Waals surface area contributed by atoms with E-state index in [1.807, 2.05) is 4.90 Å². The van der Waals surface area contributed by atoms with Crippen LogP contribution in [0.15, 0.2) is 47.5 Å². The van der Waals surface area contributed by atoms with Gasteiger partial charge in [-0.05, 0) is 36.4 Å². The van der Waals surface area contributed by atoms with Gasteiger partial charge in [-0.25, -0.2) is 9.37 Å². The summed E-state index contributed by atoms with van der Waals surface area (Å²) in [6, 6.07) is 8.52. The molecule has 2 aromatic rings. The number of carbonyl (C=O) groups excluding carboxylic acids is 1. The van der Waals surface area contributed by atoms with Gasteiger partial charge in [0.25, 0.3) is 0 Å². The molecule has 1 aromatic heterocycles. The van der Waals surface area contributed by atoms with Crippen molar-refractivity contribution in [3.05, 3.63) is 54.0 Å². The van der Waals surface area contributed by atoms with Gasteiger partial charge < -0.3 is 9.80 Å². The highest BCUT2D eigenvalue weighted by Gasteiger charge is 2.31. The van der Waals surface area contributed by atoms with Gasteiger partial charge >= 0.3 is 6.18 Å². The van der Waals surface area contributed by atoms with Gasteiger partial charge in [0.05, 0.1) is 5.56 Å². The number of hydrogen-bond donors (Lipinski definition) is 0. The summed E-state index contributed by atoms with van der Waals surface area (Å²) >= 11 is 1.50. The molecule has 0 unspecified atom stereocenters. The summed E-state index contributed by atoms with van der Waals surface area (Å²) in [5.74, 6) is 0.827. The summed E-state index contributed by atoms with van der Waals surface area (Å²) in [6.45, 7) is 2.05. The van der Waals surface area contributed by atoms with Crippen LogP contribution in [0.5, 0.6) is 0 Å². The van der Waals surface area contributed by atoms with E-state index >= 15 is 0 Å². The zero-order chi connectivity index (χ0) is 20.1. The number of piperazine rings is 1. The number of pyridine rings is 1. The number of rotatable bonds is 5. The molecule has 2 heterocycles. The molecule has 28 heavy (non-hydrogen) atoms. The molecule has 1 saturated heterocycles. The van der Waals surface area contributed by atoms with E-state index in [4.69, 9.17) is 0 Å². The molecule has 0 spiro atoms. The maximum atomic E-state index is 12.9. The first-order valence-electron chi connectivity index (χ1n) is 8.77. The zero-order valence-corrected chi connectivity index (χ0v) is 15.8. The quantitative estimate of drug-likeness (QED) is 0.547. The maximum Gasteiger partial charge on any atom is 0.417 e. The Kier molecular flexibility index (Phi) is 6.43. The lowest BCUT2D eigenvalue weighted by molar-refractivity contribution is -0.137. The van der Waals surface area contributed by atoms with Crippen molar-refractivity contribution in [3.8, 4) is 0 Å². The molecule has 4 nitrogen and oxygen atoms in total. The predicted molar refractivity (Wildman–Crippen MR) is 99.8 cm³/mol. The average Bonchev–Trinajstić information content (AvgIpc) is 2.69. The van der Waals surface area contributed by atoms with Gasteiger partial charge in [0.15, 0.2) is 0 Å². The zero-order valence-electron chi connectivity index (χ0n) is 15.0. The second-order valence-electron chi connectivity index (χ2n) is 6.32. The molecular formula is C19H19F4N3OS. The van der Waals surface area contributed by atoms with Gasteiger partial charge in [0, 0.05) is 49.4 Å².